The molecule has 0 aliphatic carbocycles. The van der Waals surface area contributed by atoms with Crippen LogP contribution >= 0.6 is 0 Å². The van der Waals surface area contributed by atoms with Gasteiger partial charge in [-0.15, -0.1) is 0 Å². The molecule has 0 fully saturated rings. The van der Waals surface area contributed by atoms with Crippen molar-refractivity contribution in [2.24, 2.45) is 5.73 Å². The van der Waals surface area contributed by atoms with Gasteiger partial charge in [0.15, 0.2) is 0 Å². The molecule has 1 aliphatic rings. The quantitative estimate of drug-likeness (QED) is 0.698. The molecule has 3 heteroatoms. The molecule has 1 amide bonds. The average molecular weight is 202 g/mol. The Morgan fingerprint density at radius 3 is 3.13 bits per heavy atom. The fourth-order valence-corrected chi connectivity index (χ4v) is 1.89. The summed E-state index contributed by atoms with van der Waals surface area (Å²) in [5.41, 5.74) is 8.82. The van der Waals surface area contributed by atoms with Gasteiger partial charge in [-0.05, 0) is 35.7 Å². The van der Waals surface area contributed by atoms with E-state index in [1.807, 2.05) is 12.1 Å². The first-order valence-electron chi connectivity index (χ1n) is 5.06. The van der Waals surface area contributed by atoms with Gasteiger partial charge in [-0.3, -0.25) is 4.79 Å². The molecule has 1 aromatic rings. The van der Waals surface area contributed by atoms with Crippen LogP contribution in [0.3, 0.4) is 0 Å². The molecule has 15 heavy (non-hydrogen) atoms. The van der Waals surface area contributed by atoms with Crippen molar-refractivity contribution in [2.75, 3.05) is 6.54 Å². The lowest BCUT2D eigenvalue weighted by atomic mass is 9.95. The van der Waals surface area contributed by atoms with E-state index in [1.54, 1.807) is 6.08 Å². The molecule has 0 saturated heterocycles. The van der Waals surface area contributed by atoms with E-state index < -0.39 is 5.91 Å². The molecule has 78 valence electrons. The molecule has 0 atom stereocenters. The van der Waals surface area contributed by atoms with Gasteiger partial charge in [0, 0.05) is 12.6 Å². The van der Waals surface area contributed by atoms with Gasteiger partial charge in [-0.25, -0.2) is 0 Å². The number of benzene rings is 1. The maximum absolute atomic E-state index is 10.7. The van der Waals surface area contributed by atoms with Gasteiger partial charge in [0.05, 0.1) is 0 Å². The van der Waals surface area contributed by atoms with Crippen LogP contribution in [0.2, 0.25) is 0 Å². The largest absolute Gasteiger partial charge is 0.366 e. The lowest BCUT2D eigenvalue weighted by Gasteiger charge is -2.18. The van der Waals surface area contributed by atoms with Gasteiger partial charge in [0.1, 0.15) is 0 Å². The van der Waals surface area contributed by atoms with Crippen LogP contribution in [-0.4, -0.2) is 12.5 Å². The highest BCUT2D eigenvalue weighted by Crippen LogP contribution is 2.19. The van der Waals surface area contributed by atoms with Crippen molar-refractivity contribution in [1.29, 1.82) is 0 Å². The molecular formula is C12H14N2O. The van der Waals surface area contributed by atoms with Crippen LogP contribution in [0.25, 0.3) is 6.08 Å². The van der Waals surface area contributed by atoms with Crippen LogP contribution < -0.4 is 11.1 Å². The van der Waals surface area contributed by atoms with Gasteiger partial charge >= 0.3 is 0 Å². The summed E-state index contributed by atoms with van der Waals surface area (Å²) in [5.74, 6) is -0.401. The third-order valence-corrected chi connectivity index (χ3v) is 2.60. The Bertz CT molecular complexity index is 410. The Hall–Kier alpha value is -1.61. The second kappa shape index (κ2) is 4.28. The van der Waals surface area contributed by atoms with E-state index in [0.29, 0.717) is 0 Å². The fraction of sp³-hybridized carbons (Fsp3) is 0.250. The summed E-state index contributed by atoms with van der Waals surface area (Å²) >= 11 is 0. The zero-order valence-corrected chi connectivity index (χ0v) is 8.49. The average Bonchev–Trinajstić information content (AvgIpc) is 2.26. The van der Waals surface area contributed by atoms with Crippen molar-refractivity contribution in [3.05, 3.63) is 41.0 Å². The van der Waals surface area contributed by atoms with Crippen LogP contribution in [0.15, 0.2) is 24.3 Å². The van der Waals surface area contributed by atoms with E-state index in [4.69, 9.17) is 5.73 Å². The van der Waals surface area contributed by atoms with Crippen LogP contribution in [-0.2, 0) is 17.8 Å². The number of primary amides is 1. The summed E-state index contributed by atoms with van der Waals surface area (Å²) in [6.45, 7) is 1.90. The smallest absolute Gasteiger partial charge is 0.241 e. The molecule has 0 spiro atoms. The molecule has 1 heterocycles. The van der Waals surface area contributed by atoms with Crippen LogP contribution in [0.5, 0.6) is 0 Å². The number of hydrogen-bond acceptors (Lipinski definition) is 2. The number of hydrogen-bond donors (Lipinski definition) is 2. The van der Waals surface area contributed by atoms with Gasteiger partial charge in [0.2, 0.25) is 5.91 Å². The zero-order chi connectivity index (χ0) is 10.7. The van der Waals surface area contributed by atoms with Gasteiger partial charge in [-0.1, -0.05) is 18.2 Å². The molecule has 1 aromatic carbocycles. The second-order valence-electron chi connectivity index (χ2n) is 3.65. The van der Waals surface area contributed by atoms with E-state index in [9.17, 15) is 4.79 Å². The normalized spacial score (nSPS) is 15.2. The third-order valence-electron chi connectivity index (χ3n) is 2.60. The minimum Gasteiger partial charge on any atom is -0.366 e. The Morgan fingerprint density at radius 1 is 1.47 bits per heavy atom. The first-order valence-corrected chi connectivity index (χ1v) is 5.06. The summed E-state index contributed by atoms with van der Waals surface area (Å²) in [7, 11) is 0. The van der Waals surface area contributed by atoms with Crippen molar-refractivity contribution in [3.8, 4) is 0 Å². The lowest BCUT2D eigenvalue weighted by molar-refractivity contribution is -0.113. The summed E-state index contributed by atoms with van der Waals surface area (Å²) in [6.07, 6.45) is 4.22. The molecule has 0 radical (unpaired) electrons. The van der Waals surface area contributed by atoms with Crippen LogP contribution in [0.1, 0.15) is 16.7 Å². The minimum atomic E-state index is -0.401. The third kappa shape index (κ3) is 2.25. The summed E-state index contributed by atoms with van der Waals surface area (Å²) < 4.78 is 0. The van der Waals surface area contributed by atoms with E-state index in [0.717, 1.165) is 25.1 Å². The number of carbonyl (C=O) groups is 1. The first kappa shape index (κ1) is 9.93. The SMILES string of the molecule is NC(=O)C=Cc1cccc2c1CCNC2. The number of fused-ring (bicyclic) bond motifs is 1. The fourth-order valence-electron chi connectivity index (χ4n) is 1.89. The highest BCUT2D eigenvalue weighted by atomic mass is 16.1. The number of carbonyl (C=O) groups excluding carboxylic acids is 1. The van der Waals surface area contributed by atoms with Crippen molar-refractivity contribution < 1.29 is 4.79 Å². The van der Waals surface area contributed by atoms with E-state index in [1.165, 1.54) is 17.2 Å². The minimum absolute atomic E-state index is 0.401. The zero-order valence-electron chi connectivity index (χ0n) is 8.49. The van der Waals surface area contributed by atoms with Crippen molar-refractivity contribution >= 4 is 12.0 Å². The summed E-state index contributed by atoms with van der Waals surface area (Å²) in [6, 6.07) is 6.14. The van der Waals surface area contributed by atoms with E-state index in [2.05, 4.69) is 11.4 Å². The molecule has 2 rings (SSSR count). The first-order chi connectivity index (χ1) is 7.27. The molecule has 1 aliphatic heterocycles. The number of nitrogens with two attached hydrogens (primary N) is 1. The second-order valence-corrected chi connectivity index (χ2v) is 3.65. The standard InChI is InChI=1S/C12H14N2O/c13-12(15)5-4-9-2-1-3-10-8-14-7-6-11(9)10/h1-5,14H,6-8H2,(H2,13,15). The number of nitrogens with one attached hydrogen (secondary N) is 1. The van der Waals surface area contributed by atoms with Crippen LogP contribution in [0, 0.1) is 0 Å². The van der Waals surface area contributed by atoms with Gasteiger partial charge in [0.25, 0.3) is 0 Å². The topological polar surface area (TPSA) is 55.1 Å². The number of rotatable bonds is 2. The predicted octanol–water partition coefficient (Wildman–Crippen LogP) is 0.831. The van der Waals surface area contributed by atoms with Gasteiger partial charge < -0.3 is 11.1 Å². The molecule has 0 bridgehead atoms. The highest BCUT2D eigenvalue weighted by molar-refractivity contribution is 5.90. The Balaban J connectivity index is 2.35. The Morgan fingerprint density at radius 2 is 2.33 bits per heavy atom. The van der Waals surface area contributed by atoms with Crippen molar-refractivity contribution in [1.82, 2.24) is 5.32 Å². The maximum Gasteiger partial charge on any atom is 0.241 e. The highest BCUT2D eigenvalue weighted by Gasteiger charge is 2.10. The van der Waals surface area contributed by atoms with Crippen molar-refractivity contribution in [2.45, 2.75) is 13.0 Å². The van der Waals surface area contributed by atoms with Gasteiger partial charge in [-0.2, -0.15) is 0 Å². The maximum atomic E-state index is 10.7. The molecule has 0 unspecified atom stereocenters. The Kier molecular flexibility index (Phi) is 2.83. The summed E-state index contributed by atoms with van der Waals surface area (Å²) in [5, 5.41) is 3.32. The predicted molar refractivity (Wildman–Crippen MR) is 60.1 cm³/mol. The molecule has 0 saturated carbocycles. The molecule has 0 aromatic heterocycles. The molecule has 3 N–H and O–H groups in total. The Labute approximate surface area is 89.0 Å². The monoisotopic (exact) mass is 202 g/mol. The summed E-state index contributed by atoms with van der Waals surface area (Å²) in [4.78, 5) is 10.7. The van der Waals surface area contributed by atoms with E-state index >= 15 is 0 Å². The van der Waals surface area contributed by atoms with Crippen molar-refractivity contribution in [3.63, 3.8) is 0 Å². The number of amides is 1. The van der Waals surface area contributed by atoms with E-state index in [-0.39, 0.29) is 0 Å². The molecular weight excluding hydrogens is 188 g/mol. The molecule has 3 nitrogen and oxygen atoms in total. The van der Waals surface area contributed by atoms with Crippen LogP contribution in [0.4, 0.5) is 0 Å². The lowest BCUT2D eigenvalue weighted by Crippen LogP contribution is -2.24.